The van der Waals surface area contributed by atoms with Crippen molar-refractivity contribution in [3.8, 4) is 0 Å². The predicted molar refractivity (Wildman–Crippen MR) is 91.3 cm³/mol. The second-order valence-corrected chi connectivity index (χ2v) is 6.81. The zero-order valence-corrected chi connectivity index (χ0v) is 16.0. The van der Waals surface area contributed by atoms with Crippen molar-refractivity contribution in [3.05, 3.63) is 0 Å². The molecule has 0 bridgehead atoms. The van der Waals surface area contributed by atoms with Crippen LogP contribution in [0, 0.1) is 5.92 Å². The summed E-state index contributed by atoms with van der Waals surface area (Å²) in [5.74, 6) is -0.202. The Morgan fingerprint density at radius 2 is 1.57 bits per heavy atom. The molecule has 2 N–H and O–H groups in total. The smallest absolute Gasteiger partial charge is 0.410 e. The van der Waals surface area contributed by atoms with Crippen LogP contribution in [0.5, 0.6) is 0 Å². The van der Waals surface area contributed by atoms with Gasteiger partial charge in [-0.3, -0.25) is 9.59 Å². The van der Waals surface area contributed by atoms with E-state index in [0.717, 1.165) is 5.92 Å². The lowest BCUT2D eigenvalue weighted by Gasteiger charge is -2.26. The first-order chi connectivity index (χ1) is 10.2. The largest absolute Gasteiger partial charge is 0.480 e. The number of nitrogens with zero attached hydrogens (tertiary/aromatic N) is 1. The Morgan fingerprint density at radius 3 is 1.74 bits per heavy atom. The van der Waals surface area contributed by atoms with Crippen LogP contribution < -0.4 is 5.32 Å². The molecule has 0 aliphatic rings. The molecule has 0 spiro atoms. The molecule has 0 aromatic heterocycles. The van der Waals surface area contributed by atoms with Gasteiger partial charge in [-0.05, 0) is 40.5 Å². The molecule has 0 aliphatic heterocycles. The van der Waals surface area contributed by atoms with Gasteiger partial charge in [-0.15, -0.1) is 0 Å². The first-order valence-corrected chi connectivity index (χ1v) is 7.59. The summed E-state index contributed by atoms with van der Waals surface area (Å²) in [6, 6.07) is 0.180. The van der Waals surface area contributed by atoms with Gasteiger partial charge in [0.15, 0.2) is 0 Å². The van der Waals surface area contributed by atoms with Gasteiger partial charge in [0, 0.05) is 13.1 Å². The molecule has 0 heterocycles. The number of hydrogen-bond acceptors (Lipinski definition) is 4. The van der Waals surface area contributed by atoms with Crippen molar-refractivity contribution in [2.24, 2.45) is 5.92 Å². The molecule has 0 aromatic carbocycles. The van der Waals surface area contributed by atoms with Crippen LogP contribution in [0.2, 0.25) is 0 Å². The number of rotatable bonds is 4. The molecule has 0 radical (unpaired) electrons. The van der Waals surface area contributed by atoms with E-state index >= 15 is 0 Å². The fourth-order valence-corrected chi connectivity index (χ4v) is 0.674. The Labute approximate surface area is 140 Å². The molecule has 0 atom stereocenters. The summed E-state index contributed by atoms with van der Waals surface area (Å²) in [6.45, 7) is 15.7. The van der Waals surface area contributed by atoms with Crippen LogP contribution >= 0.6 is 0 Å². The van der Waals surface area contributed by atoms with Crippen LogP contribution in [-0.2, 0) is 14.3 Å². The van der Waals surface area contributed by atoms with Gasteiger partial charge in [-0.25, -0.2) is 4.79 Å². The van der Waals surface area contributed by atoms with Gasteiger partial charge in [0.05, 0.1) is 0 Å². The maximum Gasteiger partial charge on any atom is 0.410 e. The van der Waals surface area contributed by atoms with E-state index in [1.54, 1.807) is 11.9 Å². The minimum absolute atomic E-state index is 0.180. The molecule has 7 heteroatoms. The molecule has 138 valence electrons. The normalized spacial score (nSPS) is 9.87. The number of aliphatic carboxylic acids is 1. The van der Waals surface area contributed by atoms with E-state index in [2.05, 4.69) is 20.8 Å². The third kappa shape index (κ3) is 29.0. The lowest BCUT2D eigenvalue weighted by atomic mass is 10.2. The summed E-state index contributed by atoms with van der Waals surface area (Å²) < 4.78 is 5.15. The first-order valence-electron chi connectivity index (χ1n) is 7.59. The number of nitrogens with one attached hydrogen (secondary N) is 1. The number of carboxylic acids is 1. The highest BCUT2D eigenvalue weighted by Crippen LogP contribution is 2.10. The monoisotopic (exact) mass is 334 g/mol. The van der Waals surface area contributed by atoms with Gasteiger partial charge >= 0.3 is 12.1 Å². The van der Waals surface area contributed by atoms with Crippen molar-refractivity contribution < 1.29 is 24.2 Å². The molecule has 2 amide bonds. The van der Waals surface area contributed by atoms with E-state index in [1.165, 1.54) is 0 Å². The lowest BCUT2D eigenvalue weighted by Crippen LogP contribution is -2.38. The highest BCUT2D eigenvalue weighted by Gasteiger charge is 2.20. The highest BCUT2D eigenvalue weighted by atomic mass is 16.6. The van der Waals surface area contributed by atoms with Crippen LogP contribution in [0.25, 0.3) is 0 Å². The number of carbonyl (C=O) groups is 3. The molecule has 0 saturated heterocycles. The van der Waals surface area contributed by atoms with E-state index in [1.807, 2.05) is 39.9 Å². The Morgan fingerprint density at radius 1 is 1.17 bits per heavy atom. The molecular formula is C16H34N2O5. The average Bonchev–Trinajstić information content (AvgIpc) is 2.33. The molecule has 0 rings (SSSR count). The van der Waals surface area contributed by atoms with Gasteiger partial charge in [-0.2, -0.15) is 0 Å². The molecule has 7 nitrogen and oxygen atoms in total. The van der Waals surface area contributed by atoms with Crippen LogP contribution in [0.15, 0.2) is 0 Å². The highest BCUT2D eigenvalue weighted by molar-refractivity contribution is 5.71. The zero-order chi connectivity index (χ0) is 19.2. The Bertz CT molecular complexity index is 333. The fraction of sp³-hybridized carbons (Fsp3) is 0.812. The average molecular weight is 334 g/mol. The van der Waals surface area contributed by atoms with Crippen molar-refractivity contribution in [2.75, 3.05) is 13.6 Å². The van der Waals surface area contributed by atoms with Crippen LogP contribution in [0.4, 0.5) is 4.79 Å². The topological polar surface area (TPSA) is 95.9 Å². The first kappa shape index (κ1) is 26.1. The molecule has 23 heavy (non-hydrogen) atoms. The van der Waals surface area contributed by atoms with E-state index in [9.17, 15) is 14.4 Å². The van der Waals surface area contributed by atoms with Crippen LogP contribution in [0.1, 0.15) is 55.4 Å². The number of amides is 2. The quantitative estimate of drug-likeness (QED) is 0.771. The summed E-state index contributed by atoms with van der Waals surface area (Å²) in [4.78, 5) is 31.8. The Hall–Kier alpha value is -1.79. The molecule has 0 aromatic rings. The summed E-state index contributed by atoms with van der Waals surface area (Å²) in [5.41, 5.74) is -0.403. The maximum absolute atomic E-state index is 11.3. The Kier molecular flexibility index (Phi) is 15.7. The lowest BCUT2D eigenvalue weighted by molar-refractivity contribution is -0.136. The minimum atomic E-state index is -1.04. The van der Waals surface area contributed by atoms with Crippen molar-refractivity contribution in [1.82, 2.24) is 10.2 Å². The van der Waals surface area contributed by atoms with E-state index < -0.39 is 11.6 Å². The van der Waals surface area contributed by atoms with Gasteiger partial charge in [0.25, 0.3) is 0 Å². The summed E-state index contributed by atoms with van der Waals surface area (Å²) in [5, 5.41) is 9.79. The minimum Gasteiger partial charge on any atom is -0.480 e. The van der Waals surface area contributed by atoms with Gasteiger partial charge in [-0.1, -0.05) is 20.8 Å². The second kappa shape index (κ2) is 13.8. The molecule has 0 saturated carbocycles. The van der Waals surface area contributed by atoms with E-state index in [4.69, 9.17) is 9.84 Å². The third-order valence-corrected chi connectivity index (χ3v) is 1.79. The molecule has 0 unspecified atom stereocenters. The fourth-order valence-electron chi connectivity index (χ4n) is 0.674. The van der Waals surface area contributed by atoms with Crippen LogP contribution in [0.3, 0.4) is 0 Å². The number of carbonyl (C=O) groups excluding carboxylic acids is 2. The van der Waals surface area contributed by atoms with Gasteiger partial charge < -0.3 is 20.1 Å². The number of carboxylic acid groups (broad SMARTS) is 1. The third-order valence-electron chi connectivity index (χ3n) is 1.79. The number of hydrogen-bond donors (Lipinski definition) is 2. The van der Waals surface area contributed by atoms with Crippen molar-refractivity contribution >= 4 is 18.5 Å². The second-order valence-electron chi connectivity index (χ2n) is 6.81. The summed E-state index contributed by atoms with van der Waals surface area (Å²) in [7, 11) is 1.73. The zero-order valence-electron chi connectivity index (χ0n) is 16.0. The molecule has 0 fully saturated rings. The standard InChI is InChI=1S/C9H19NO2.C4H10.C3H5NO3/c1-7(2)10(6)8(11)12-9(3,4)5;1-4(2)3;5-2-4-1-3(6)7/h7H,1-6H3;4H,1-3H3;2H,1H2,(H,4,5)(H,6,7). The summed E-state index contributed by atoms with van der Waals surface area (Å²) >= 11 is 0. The van der Waals surface area contributed by atoms with Crippen molar-refractivity contribution in [1.29, 1.82) is 0 Å². The SMILES string of the molecule is CC(C)C.CC(C)N(C)C(=O)OC(C)(C)C.O=CNCC(=O)O. The molecule has 0 aliphatic carbocycles. The molecular weight excluding hydrogens is 300 g/mol. The van der Waals surface area contributed by atoms with E-state index in [-0.39, 0.29) is 18.7 Å². The maximum atomic E-state index is 11.3. The van der Waals surface area contributed by atoms with Crippen molar-refractivity contribution in [2.45, 2.75) is 67.0 Å². The van der Waals surface area contributed by atoms with E-state index in [0.29, 0.717) is 6.41 Å². The van der Waals surface area contributed by atoms with Gasteiger partial charge in [0.2, 0.25) is 6.41 Å². The number of ether oxygens (including phenoxy) is 1. The predicted octanol–water partition coefficient (Wildman–Crippen LogP) is 2.74. The Balaban J connectivity index is -0.000000307. The van der Waals surface area contributed by atoms with Gasteiger partial charge in [0.1, 0.15) is 12.1 Å². The van der Waals surface area contributed by atoms with Crippen molar-refractivity contribution in [3.63, 3.8) is 0 Å². The summed E-state index contributed by atoms with van der Waals surface area (Å²) in [6.07, 6.45) is 0.0752. The van der Waals surface area contributed by atoms with Crippen LogP contribution in [-0.4, -0.2) is 53.7 Å².